The zero-order chi connectivity index (χ0) is 14.1. The highest BCUT2D eigenvalue weighted by Crippen LogP contribution is 2.38. The molecule has 0 amide bonds. The number of alkyl halides is 2. The Morgan fingerprint density at radius 1 is 1.11 bits per heavy atom. The fraction of sp³-hybridized carbons (Fsp3) is 0.364. The summed E-state index contributed by atoms with van der Waals surface area (Å²) in [6.07, 6.45) is 0.723. The third-order valence-electron chi connectivity index (χ3n) is 2.08. The van der Waals surface area contributed by atoms with Crippen molar-refractivity contribution in [3.63, 3.8) is 0 Å². The van der Waals surface area contributed by atoms with E-state index in [2.05, 4.69) is 10.2 Å². The zero-order valence-corrected chi connectivity index (χ0v) is 12.5. The van der Waals surface area contributed by atoms with E-state index in [1.165, 1.54) is 0 Å². The molecule has 0 aliphatic rings. The van der Waals surface area contributed by atoms with Crippen molar-refractivity contribution in [3.05, 3.63) is 29.8 Å². The van der Waals surface area contributed by atoms with Gasteiger partial charge in [-0.05, 0) is 24.3 Å². The maximum atomic E-state index is 12.4. The minimum absolute atomic E-state index is 0.306. The second kappa shape index (κ2) is 8.56. The Kier molecular flexibility index (Phi) is 7.42. The summed E-state index contributed by atoms with van der Waals surface area (Å²) >= 11 is 11.1. The number of rotatable bonds is 9. The Morgan fingerprint density at radius 3 is 2.05 bits per heavy atom. The van der Waals surface area contributed by atoms with Gasteiger partial charge in [-0.2, -0.15) is 0 Å². The van der Waals surface area contributed by atoms with Gasteiger partial charge in [-0.25, -0.2) is 14.7 Å². The SMILES string of the molecule is O=Cc1ccc(OP(=O)(NCCCl)NCCCl)cc1. The van der Waals surface area contributed by atoms with Crippen molar-refractivity contribution >= 4 is 37.2 Å². The van der Waals surface area contributed by atoms with E-state index in [9.17, 15) is 9.36 Å². The van der Waals surface area contributed by atoms with Crippen LogP contribution in [0.5, 0.6) is 5.75 Å². The quantitative estimate of drug-likeness (QED) is 0.415. The van der Waals surface area contributed by atoms with Crippen LogP contribution in [0.1, 0.15) is 10.4 Å². The summed E-state index contributed by atoms with van der Waals surface area (Å²) in [5.41, 5.74) is 0.518. The van der Waals surface area contributed by atoms with Gasteiger partial charge in [0.1, 0.15) is 12.0 Å². The van der Waals surface area contributed by atoms with E-state index in [1.54, 1.807) is 24.3 Å². The number of carbonyl (C=O) groups is 1. The third-order valence-corrected chi connectivity index (χ3v) is 4.20. The van der Waals surface area contributed by atoms with Crippen molar-refractivity contribution in [2.45, 2.75) is 0 Å². The first-order valence-corrected chi connectivity index (χ1v) is 8.30. The standard InChI is InChI=1S/C11H15Cl2N2O3P/c12-5-7-14-19(17,15-8-6-13)18-11-3-1-10(9-16)2-4-11/h1-4,9H,5-8H2,(H2,14,15,17). The molecule has 0 atom stereocenters. The van der Waals surface area contributed by atoms with Crippen LogP contribution < -0.4 is 14.7 Å². The van der Waals surface area contributed by atoms with Crippen molar-refractivity contribution in [1.29, 1.82) is 0 Å². The molecule has 0 spiro atoms. The van der Waals surface area contributed by atoms with Gasteiger partial charge in [0.25, 0.3) is 0 Å². The highest BCUT2D eigenvalue weighted by molar-refractivity contribution is 7.55. The molecule has 0 unspecified atom stereocenters. The summed E-state index contributed by atoms with van der Waals surface area (Å²) in [6.45, 7) is 0.668. The molecule has 106 valence electrons. The summed E-state index contributed by atoms with van der Waals surface area (Å²) in [5, 5.41) is 5.44. The first-order chi connectivity index (χ1) is 9.13. The Bertz CT molecular complexity index is 430. The molecule has 19 heavy (non-hydrogen) atoms. The summed E-state index contributed by atoms with van der Waals surface area (Å²) < 4.78 is 17.8. The molecular formula is C11H15Cl2N2O3P. The average Bonchev–Trinajstić information content (AvgIpc) is 2.44. The number of hydrogen-bond acceptors (Lipinski definition) is 3. The van der Waals surface area contributed by atoms with Crippen LogP contribution in [0, 0.1) is 0 Å². The Morgan fingerprint density at radius 2 is 1.63 bits per heavy atom. The van der Waals surface area contributed by atoms with Crippen LogP contribution in [-0.4, -0.2) is 31.1 Å². The largest absolute Gasteiger partial charge is 0.422 e. The van der Waals surface area contributed by atoms with E-state index in [0.29, 0.717) is 36.2 Å². The topological polar surface area (TPSA) is 67.4 Å². The Balaban J connectivity index is 2.74. The molecule has 0 aromatic heterocycles. The van der Waals surface area contributed by atoms with Gasteiger partial charge in [0, 0.05) is 30.4 Å². The molecular weight excluding hydrogens is 310 g/mol. The van der Waals surface area contributed by atoms with E-state index in [4.69, 9.17) is 27.7 Å². The van der Waals surface area contributed by atoms with Gasteiger partial charge < -0.3 is 4.52 Å². The van der Waals surface area contributed by atoms with Gasteiger partial charge in [-0.15, -0.1) is 23.2 Å². The molecule has 0 radical (unpaired) electrons. The molecule has 0 saturated heterocycles. The highest BCUT2D eigenvalue weighted by Gasteiger charge is 2.23. The van der Waals surface area contributed by atoms with Crippen LogP contribution in [0.25, 0.3) is 0 Å². The van der Waals surface area contributed by atoms with Crippen molar-refractivity contribution in [1.82, 2.24) is 10.2 Å². The minimum Gasteiger partial charge on any atom is -0.422 e. The second-order valence-electron chi connectivity index (χ2n) is 3.52. The molecule has 0 fully saturated rings. The van der Waals surface area contributed by atoms with Crippen LogP contribution in [-0.2, 0) is 4.57 Å². The average molecular weight is 325 g/mol. The number of benzene rings is 1. The number of aldehydes is 1. The van der Waals surface area contributed by atoms with Crippen molar-refractivity contribution in [2.75, 3.05) is 24.8 Å². The van der Waals surface area contributed by atoms with E-state index in [-0.39, 0.29) is 0 Å². The lowest BCUT2D eigenvalue weighted by Crippen LogP contribution is -2.28. The number of halogens is 2. The van der Waals surface area contributed by atoms with Crippen molar-refractivity contribution in [2.24, 2.45) is 0 Å². The molecule has 1 aromatic rings. The van der Waals surface area contributed by atoms with Crippen LogP contribution in [0.3, 0.4) is 0 Å². The zero-order valence-electron chi connectivity index (χ0n) is 10.1. The van der Waals surface area contributed by atoms with E-state index >= 15 is 0 Å². The molecule has 0 bridgehead atoms. The molecule has 1 aromatic carbocycles. The molecule has 0 aliphatic carbocycles. The molecule has 2 N–H and O–H groups in total. The maximum absolute atomic E-state index is 12.4. The predicted octanol–water partition coefficient (Wildman–Crippen LogP) is 2.64. The fourth-order valence-corrected chi connectivity index (χ4v) is 3.18. The summed E-state index contributed by atoms with van der Waals surface area (Å²) in [6, 6.07) is 6.30. The van der Waals surface area contributed by atoms with E-state index < -0.39 is 7.67 Å². The molecule has 0 saturated carbocycles. The normalized spacial score (nSPS) is 11.3. The molecule has 0 heterocycles. The number of nitrogens with one attached hydrogen (secondary N) is 2. The van der Waals surface area contributed by atoms with Gasteiger partial charge in [-0.1, -0.05) is 0 Å². The van der Waals surface area contributed by atoms with Crippen molar-refractivity contribution in [3.8, 4) is 5.75 Å². The van der Waals surface area contributed by atoms with E-state index in [1.807, 2.05) is 0 Å². The molecule has 0 aliphatic heterocycles. The lowest BCUT2D eigenvalue weighted by Gasteiger charge is -2.20. The van der Waals surface area contributed by atoms with Gasteiger partial charge >= 0.3 is 7.67 Å². The Labute approximate surface area is 122 Å². The van der Waals surface area contributed by atoms with Crippen LogP contribution in [0.2, 0.25) is 0 Å². The van der Waals surface area contributed by atoms with Crippen molar-refractivity contribution < 1.29 is 13.9 Å². The van der Waals surface area contributed by atoms with Gasteiger partial charge in [0.05, 0.1) is 0 Å². The first-order valence-electron chi connectivity index (χ1n) is 5.60. The highest BCUT2D eigenvalue weighted by atomic mass is 35.5. The molecule has 1 rings (SSSR count). The van der Waals surface area contributed by atoms with Gasteiger partial charge in [0.2, 0.25) is 0 Å². The van der Waals surface area contributed by atoms with Crippen LogP contribution in [0.15, 0.2) is 24.3 Å². The minimum atomic E-state index is -3.26. The van der Waals surface area contributed by atoms with Crippen LogP contribution in [0.4, 0.5) is 0 Å². The van der Waals surface area contributed by atoms with Gasteiger partial charge in [0.15, 0.2) is 0 Å². The lowest BCUT2D eigenvalue weighted by atomic mass is 10.2. The fourth-order valence-electron chi connectivity index (χ4n) is 1.26. The lowest BCUT2D eigenvalue weighted by molar-refractivity contribution is 0.112. The summed E-state index contributed by atoms with van der Waals surface area (Å²) in [5.74, 6) is 0.998. The predicted molar refractivity (Wildman–Crippen MR) is 77.5 cm³/mol. The van der Waals surface area contributed by atoms with Crippen LogP contribution >= 0.6 is 30.9 Å². The first kappa shape index (κ1) is 16.5. The van der Waals surface area contributed by atoms with Gasteiger partial charge in [-0.3, -0.25) is 4.79 Å². The number of hydrogen-bond donors (Lipinski definition) is 2. The molecule has 8 heteroatoms. The Hall–Kier alpha value is -0.580. The summed E-state index contributed by atoms with van der Waals surface area (Å²) in [4.78, 5) is 10.5. The maximum Gasteiger partial charge on any atom is 0.390 e. The second-order valence-corrected chi connectivity index (χ2v) is 6.20. The van der Waals surface area contributed by atoms with E-state index in [0.717, 1.165) is 6.29 Å². The smallest absolute Gasteiger partial charge is 0.390 e. The number of carbonyl (C=O) groups excluding carboxylic acids is 1. The third kappa shape index (κ3) is 5.93. The summed E-state index contributed by atoms with van der Waals surface area (Å²) in [7, 11) is -3.26. The molecule has 5 nitrogen and oxygen atoms in total. The monoisotopic (exact) mass is 324 g/mol.